The fourth-order valence-corrected chi connectivity index (χ4v) is 2.96. The molecule has 1 N–H and O–H groups in total. The molecule has 0 unspecified atom stereocenters. The van der Waals surface area contributed by atoms with E-state index in [4.69, 9.17) is 0 Å². The monoisotopic (exact) mass is 274 g/mol. The highest BCUT2D eigenvalue weighted by Gasteiger charge is 2.17. The average Bonchev–Trinajstić information content (AvgIpc) is 2.41. The normalized spacial score (nSPS) is 23.6. The number of aromatic nitrogens is 1. The Hall–Kier alpha value is -1.05. The number of nitrogens with zero attached hydrogens (tertiary/aromatic N) is 1. The van der Waals surface area contributed by atoms with Crippen LogP contribution in [0.5, 0.6) is 0 Å². The molecule has 0 saturated heterocycles. The first kappa shape index (κ1) is 15.3. The minimum absolute atomic E-state index is 0.185. The van der Waals surface area contributed by atoms with Gasteiger partial charge in [-0.2, -0.15) is 0 Å². The van der Waals surface area contributed by atoms with E-state index in [0.717, 1.165) is 24.2 Å². The number of anilines is 1. The smallest absolute Gasteiger partial charge is 0.125 e. The van der Waals surface area contributed by atoms with Gasteiger partial charge in [-0.3, -0.25) is 0 Å². The lowest BCUT2D eigenvalue weighted by Crippen LogP contribution is -2.16. The molecule has 1 heterocycles. The molecule has 1 fully saturated rings. The van der Waals surface area contributed by atoms with E-state index >= 15 is 0 Å². The fourth-order valence-electron chi connectivity index (χ4n) is 2.96. The van der Waals surface area contributed by atoms with Crippen molar-refractivity contribution in [1.29, 1.82) is 0 Å². The summed E-state index contributed by atoms with van der Waals surface area (Å²) in [5.74, 6) is 2.89. The largest absolute Gasteiger partial charge is 0.370 e. The Morgan fingerprint density at radius 2 is 1.85 bits per heavy atom. The molecule has 0 aromatic carbocycles. The molecule has 2 rings (SSSR count). The summed E-state index contributed by atoms with van der Waals surface area (Å²) < 4.78 is 0. The van der Waals surface area contributed by atoms with Crippen LogP contribution in [-0.4, -0.2) is 11.5 Å². The zero-order chi connectivity index (χ0) is 14.6. The van der Waals surface area contributed by atoms with E-state index < -0.39 is 0 Å². The van der Waals surface area contributed by atoms with Crippen LogP contribution in [0.2, 0.25) is 0 Å². The Morgan fingerprint density at radius 3 is 2.40 bits per heavy atom. The van der Waals surface area contributed by atoms with E-state index in [9.17, 15) is 0 Å². The molecule has 1 aromatic rings. The van der Waals surface area contributed by atoms with Crippen LogP contribution in [0.3, 0.4) is 0 Å². The van der Waals surface area contributed by atoms with Crippen LogP contribution in [0.25, 0.3) is 0 Å². The maximum atomic E-state index is 4.53. The summed E-state index contributed by atoms with van der Waals surface area (Å²) in [4.78, 5) is 4.53. The molecule has 1 aromatic heterocycles. The van der Waals surface area contributed by atoms with Gasteiger partial charge in [-0.05, 0) is 35.3 Å². The van der Waals surface area contributed by atoms with E-state index in [1.807, 2.05) is 6.20 Å². The molecule has 0 atom stereocenters. The first-order valence-corrected chi connectivity index (χ1v) is 8.15. The third kappa shape index (κ3) is 4.50. The molecule has 20 heavy (non-hydrogen) atoms. The summed E-state index contributed by atoms with van der Waals surface area (Å²) in [6.45, 7) is 10.1. The zero-order valence-corrected chi connectivity index (χ0v) is 13.6. The van der Waals surface area contributed by atoms with Gasteiger partial charge in [-0.1, -0.05) is 59.4 Å². The standard InChI is InChI=1S/C18H30N2/c1-14-5-7-15(8-6-14)11-12-19-17-10-9-16(13-20-17)18(2,3)4/h9-10,13-15H,5-8,11-12H2,1-4H3,(H,19,20). The summed E-state index contributed by atoms with van der Waals surface area (Å²) in [7, 11) is 0. The van der Waals surface area contributed by atoms with E-state index in [2.05, 4.69) is 50.1 Å². The van der Waals surface area contributed by atoms with Gasteiger partial charge in [0.05, 0.1) is 0 Å². The molecule has 0 radical (unpaired) electrons. The Morgan fingerprint density at radius 1 is 1.15 bits per heavy atom. The molecule has 112 valence electrons. The first-order valence-electron chi connectivity index (χ1n) is 8.15. The second kappa shape index (κ2) is 6.60. The molecule has 0 aliphatic heterocycles. The molecule has 2 heteroatoms. The zero-order valence-electron chi connectivity index (χ0n) is 13.6. The van der Waals surface area contributed by atoms with Gasteiger partial charge < -0.3 is 5.32 Å². The third-order valence-corrected chi connectivity index (χ3v) is 4.62. The van der Waals surface area contributed by atoms with Crippen LogP contribution in [0.1, 0.15) is 65.4 Å². The molecule has 2 nitrogen and oxygen atoms in total. The van der Waals surface area contributed by atoms with Crippen molar-refractivity contribution in [3.05, 3.63) is 23.9 Å². The van der Waals surface area contributed by atoms with Crippen molar-refractivity contribution in [1.82, 2.24) is 4.98 Å². The highest BCUT2D eigenvalue weighted by atomic mass is 15.0. The Bertz CT molecular complexity index is 394. The number of rotatable bonds is 4. The number of pyridine rings is 1. The lowest BCUT2D eigenvalue weighted by molar-refractivity contribution is 0.282. The Balaban J connectivity index is 1.74. The molecule has 0 amide bonds. The topological polar surface area (TPSA) is 24.9 Å². The molecule has 1 aliphatic carbocycles. The molecule has 1 aliphatic rings. The van der Waals surface area contributed by atoms with Crippen LogP contribution >= 0.6 is 0 Å². The summed E-state index contributed by atoms with van der Waals surface area (Å²) in [6, 6.07) is 4.31. The number of hydrogen-bond acceptors (Lipinski definition) is 2. The van der Waals surface area contributed by atoms with Gasteiger partial charge in [0.1, 0.15) is 5.82 Å². The fraction of sp³-hybridized carbons (Fsp3) is 0.722. The van der Waals surface area contributed by atoms with E-state index in [1.54, 1.807) is 0 Å². The highest BCUT2D eigenvalue weighted by molar-refractivity contribution is 5.36. The van der Waals surface area contributed by atoms with Gasteiger partial charge in [0, 0.05) is 12.7 Å². The van der Waals surface area contributed by atoms with Gasteiger partial charge in [0.15, 0.2) is 0 Å². The summed E-state index contributed by atoms with van der Waals surface area (Å²) in [6.07, 6.45) is 8.96. The van der Waals surface area contributed by atoms with E-state index in [1.165, 1.54) is 37.7 Å². The first-order chi connectivity index (χ1) is 9.45. The molecular weight excluding hydrogens is 244 g/mol. The predicted octanol–water partition coefficient (Wildman–Crippen LogP) is 5.01. The van der Waals surface area contributed by atoms with Crippen LogP contribution in [-0.2, 0) is 5.41 Å². The SMILES string of the molecule is CC1CCC(CCNc2ccc(C(C)(C)C)cn2)CC1. The Kier molecular flexibility index (Phi) is 5.06. The molecule has 1 saturated carbocycles. The maximum Gasteiger partial charge on any atom is 0.125 e. The van der Waals surface area contributed by atoms with Crippen LogP contribution in [0.15, 0.2) is 18.3 Å². The third-order valence-electron chi connectivity index (χ3n) is 4.62. The minimum atomic E-state index is 0.185. The van der Waals surface area contributed by atoms with E-state index in [0.29, 0.717) is 0 Å². The number of hydrogen-bond donors (Lipinski definition) is 1. The van der Waals surface area contributed by atoms with Crippen molar-refractivity contribution >= 4 is 5.82 Å². The maximum absolute atomic E-state index is 4.53. The summed E-state index contributed by atoms with van der Waals surface area (Å²) >= 11 is 0. The lowest BCUT2D eigenvalue weighted by atomic mass is 9.81. The van der Waals surface area contributed by atoms with Gasteiger partial charge in [0.2, 0.25) is 0 Å². The Labute approximate surface area is 124 Å². The molecule has 0 bridgehead atoms. The van der Waals surface area contributed by atoms with Crippen molar-refractivity contribution in [2.24, 2.45) is 11.8 Å². The van der Waals surface area contributed by atoms with Crippen molar-refractivity contribution in [2.75, 3.05) is 11.9 Å². The van der Waals surface area contributed by atoms with Gasteiger partial charge >= 0.3 is 0 Å². The average molecular weight is 274 g/mol. The van der Waals surface area contributed by atoms with Gasteiger partial charge in [-0.15, -0.1) is 0 Å². The van der Waals surface area contributed by atoms with Crippen molar-refractivity contribution in [3.63, 3.8) is 0 Å². The van der Waals surface area contributed by atoms with Crippen LogP contribution < -0.4 is 5.32 Å². The van der Waals surface area contributed by atoms with E-state index in [-0.39, 0.29) is 5.41 Å². The lowest BCUT2D eigenvalue weighted by Gasteiger charge is -2.26. The predicted molar refractivity (Wildman–Crippen MR) is 87.2 cm³/mol. The van der Waals surface area contributed by atoms with Crippen molar-refractivity contribution < 1.29 is 0 Å². The van der Waals surface area contributed by atoms with Crippen LogP contribution in [0.4, 0.5) is 5.82 Å². The number of nitrogens with one attached hydrogen (secondary N) is 1. The quantitative estimate of drug-likeness (QED) is 0.835. The molecule has 0 spiro atoms. The van der Waals surface area contributed by atoms with Gasteiger partial charge in [-0.25, -0.2) is 4.98 Å². The van der Waals surface area contributed by atoms with Crippen molar-refractivity contribution in [3.8, 4) is 0 Å². The van der Waals surface area contributed by atoms with Crippen LogP contribution in [0, 0.1) is 11.8 Å². The second-order valence-electron chi connectivity index (χ2n) is 7.52. The molecular formula is C18H30N2. The highest BCUT2D eigenvalue weighted by Crippen LogP contribution is 2.30. The summed E-state index contributed by atoms with van der Waals surface area (Å²) in [5.41, 5.74) is 1.48. The van der Waals surface area contributed by atoms with Crippen molar-refractivity contribution in [2.45, 2.75) is 65.2 Å². The second-order valence-corrected chi connectivity index (χ2v) is 7.52. The van der Waals surface area contributed by atoms with Gasteiger partial charge in [0.25, 0.3) is 0 Å². The summed E-state index contributed by atoms with van der Waals surface area (Å²) in [5, 5.41) is 3.47. The minimum Gasteiger partial charge on any atom is -0.370 e.